The molecule has 0 amide bonds. The minimum absolute atomic E-state index is 0. The number of carboxylic acids is 2. The van der Waals surface area contributed by atoms with Crippen molar-refractivity contribution >= 4 is 35.1 Å². The molecule has 31 heavy (non-hydrogen) atoms. The van der Waals surface area contributed by atoms with Crippen LogP contribution in [0.15, 0.2) is 0 Å². The molecule has 0 aliphatic rings. The van der Waals surface area contributed by atoms with Crippen molar-refractivity contribution in [2.45, 2.75) is 80.4 Å². The van der Waals surface area contributed by atoms with Gasteiger partial charge in [0, 0.05) is 0 Å². The Balaban J connectivity index is -0.0000000977. The first-order valence-corrected chi connectivity index (χ1v) is 9.27. The molecule has 0 saturated heterocycles. The van der Waals surface area contributed by atoms with Crippen LogP contribution in [0, 0.1) is 11.8 Å². The maximum atomic E-state index is 10.4. The van der Waals surface area contributed by atoms with Gasteiger partial charge in [0.2, 0.25) is 0 Å². The Morgan fingerprint density at radius 1 is 0.613 bits per heavy atom. The number of aliphatic carboxylic acids is 2. The molecule has 0 aromatic rings. The van der Waals surface area contributed by atoms with Gasteiger partial charge in [0.15, 0.2) is 11.6 Å². The Morgan fingerprint density at radius 3 is 0.774 bits per heavy atom. The third kappa shape index (κ3) is 28.4. The van der Waals surface area contributed by atoms with Crippen molar-refractivity contribution in [3.8, 4) is 0 Å². The maximum absolute atomic E-state index is 10.4. The van der Waals surface area contributed by atoms with Gasteiger partial charge >= 0.3 is 26.2 Å². The van der Waals surface area contributed by atoms with Crippen LogP contribution in [0.4, 0.5) is 0 Å². The third-order valence-corrected chi connectivity index (χ3v) is 3.54. The van der Waals surface area contributed by atoms with E-state index in [2.05, 4.69) is 0 Å². The average molecular weight is 526 g/mol. The number of Topliss-reactive ketones (excluding diaryl/α,β-unsaturated/α-hetero) is 4. The number of hydrogen-bond acceptors (Lipinski definition) is 10. The number of rotatable bonds is 8. The first-order valence-electron chi connectivity index (χ1n) is 9.27. The molecule has 11 heteroatoms. The number of aliphatic hydroxyl groups is 2. The van der Waals surface area contributed by atoms with Crippen LogP contribution in [-0.4, -0.2) is 57.5 Å². The third-order valence-electron chi connectivity index (χ3n) is 3.54. The molecule has 2 N–H and O–H groups in total. The maximum Gasteiger partial charge on any atom is 2.00 e. The summed E-state index contributed by atoms with van der Waals surface area (Å²) in [6.45, 7) is 11.4. The molecule has 0 aliphatic carbocycles. The van der Waals surface area contributed by atoms with Crippen LogP contribution in [0.25, 0.3) is 0 Å². The van der Waals surface area contributed by atoms with E-state index in [-0.39, 0.29) is 49.3 Å². The van der Waals surface area contributed by atoms with E-state index in [9.17, 15) is 39.0 Å². The van der Waals surface area contributed by atoms with E-state index in [0.717, 1.165) is 0 Å². The van der Waals surface area contributed by atoms with Gasteiger partial charge in [-0.1, -0.05) is 13.8 Å². The van der Waals surface area contributed by atoms with Crippen LogP contribution in [-0.2, 0) is 55.0 Å². The van der Waals surface area contributed by atoms with Crippen molar-refractivity contribution in [3.63, 3.8) is 0 Å². The Hall–Kier alpha value is -1.58. The second-order valence-electron chi connectivity index (χ2n) is 6.35. The summed E-state index contributed by atoms with van der Waals surface area (Å²) < 4.78 is 0. The van der Waals surface area contributed by atoms with Crippen LogP contribution >= 0.6 is 0 Å². The number of ketones is 4. The van der Waals surface area contributed by atoms with E-state index in [1.165, 1.54) is 41.5 Å². The van der Waals surface area contributed by atoms with Gasteiger partial charge in [0.25, 0.3) is 0 Å². The van der Waals surface area contributed by atoms with Crippen molar-refractivity contribution in [1.82, 2.24) is 0 Å². The normalized spacial score (nSPS) is 12.7. The fourth-order valence-corrected chi connectivity index (χ4v) is 1.24. The van der Waals surface area contributed by atoms with Crippen LogP contribution in [0.2, 0.25) is 0 Å². The van der Waals surface area contributed by atoms with E-state index in [1.807, 2.05) is 0 Å². The van der Waals surface area contributed by atoms with Gasteiger partial charge in [0.05, 0.1) is 23.8 Å². The summed E-state index contributed by atoms with van der Waals surface area (Å²) >= 11 is 0. The Bertz CT molecular complexity index is 492. The molecule has 178 valence electrons. The number of aliphatic hydroxyl groups excluding tert-OH is 2. The second kappa shape index (κ2) is 23.1. The van der Waals surface area contributed by atoms with Crippen molar-refractivity contribution in [3.05, 3.63) is 0 Å². The number of carbonyl (C=O) groups is 6. The van der Waals surface area contributed by atoms with Crippen molar-refractivity contribution in [2.75, 3.05) is 0 Å². The molecule has 0 heterocycles. The molecule has 0 aromatic carbocycles. The predicted octanol–water partition coefficient (Wildman–Crippen LogP) is -1.39. The van der Waals surface area contributed by atoms with Gasteiger partial charge < -0.3 is 30.0 Å². The molecule has 0 saturated carbocycles. The predicted molar refractivity (Wildman–Crippen MR) is 104 cm³/mol. The average Bonchev–Trinajstić information content (AvgIpc) is 2.56. The number of carboxylic acid groups (broad SMARTS) is 2. The van der Waals surface area contributed by atoms with Crippen molar-refractivity contribution in [1.29, 1.82) is 0 Å². The number of hydrogen-bond donors (Lipinski definition) is 2. The molecular formula is C20H34O10Zr. The minimum atomic E-state index is -1.27. The van der Waals surface area contributed by atoms with Crippen LogP contribution in [0.5, 0.6) is 0 Å². The first kappa shape index (κ1) is 39.9. The van der Waals surface area contributed by atoms with Crippen molar-refractivity contribution < 1.29 is 75.4 Å². The Labute approximate surface area is 202 Å². The summed E-state index contributed by atoms with van der Waals surface area (Å²) in [6.07, 6.45) is -0.940. The van der Waals surface area contributed by atoms with Gasteiger partial charge in [0.1, 0.15) is 23.8 Å². The smallest absolute Gasteiger partial charge is 0.549 e. The molecule has 4 unspecified atom stereocenters. The fourth-order valence-electron chi connectivity index (χ4n) is 1.24. The molecule has 4 atom stereocenters. The summed E-state index contributed by atoms with van der Waals surface area (Å²) in [7, 11) is 0. The summed E-state index contributed by atoms with van der Waals surface area (Å²) in [4.78, 5) is 60.7. The van der Waals surface area contributed by atoms with E-state index < -0.39 is 36.0 Å². The van der Waals surface area contributed by atoms with Gasteiger partial charge in [-0.15, -0.1) is 0 Å². The monoisotopic (exact) mass is 524 g/mol. The van der Waals surface area contributed by atoms with E-state index >= 15 is 0 Å². The zero-order valence-corrected chi connectivity index (χ0v) is 21.8. The van der Waals surface area contributed by atoms with Crippen LogP contribution in [0.1, 0.15) is 68.2 Å². The quantitative estimate of drug-likeness (QED) is 0.357. The molecule has 0 spiro atoms. The zero-order valence-electron chi connectivity index (χ0n) is 19.4. The molecule has 0 aromatic heterocycles. The summed E-state index contributed by atoms with van der Waals surface area (Å²) in [5.74, 6) is -5.41. The van der Waals surface area contributed by atoms with E-state index in [4.69, 9.17) is 10.2 Å². The van der Waals surface area contributed by atoms with E-state index in [1.54, 1.807) is 13.8 Å². The molecule has 0 fully saturated rings. The summed E-state index contributed by atoms with van der Waals surface area (Å²) in [5, 5.41) is 36.6. The Kier molecular flexibility index (Phi) is 29.7. The van der Waals surface area contributed by atoms with Gasteiger partial charge in [-0.05, 0) is 54.4 Å². The SMILES string of the molecule is CC(=O)C(C)O.CC(=O)C(C)O.CCC(C(C)=O)C(=O)[O-].CCC(C(C)=O)C(=O)[O-].[Zr+2]. The van der Waals surface area contributed by atoms with Gasteiger partial charge in [-0.3, -0.25) is 19.2 Å². The molecule has 0 aliphatic heterocycles. The van der Waals surface area contributed by atoms with E-state index in [0.29, 0.717) is 12.8 Å². The molecule has 10 nitrogen and oxygen atoms in total. The molecular weight excluding hydrogens is 491 g/mol. The largest absolute Gasteiger partial charge is 2.00 e. The molecule has 0 radical (unpaired) electrons. The minimum Gasteiger partial charge on any atom is -0.549 e. The topological polar surface area (TPSA) is 189 Å². The van der Waals surface area contributed by atoms with Gasteiger partial charge in [-0.2, -0.15) is 0 Å². The van der Waals surface area contributed by atoms with Crippen LogP contribution in [0.3, 0.4) is 0 Å². The van der Waals surface area contributed by atoms with Gasteiger partial charge in [-0.25, -0.2) is 0 Å². The first-order chi connectivity index (χ1) is 13.5. The molecule has 0 bridgehead atoms. The molecule has 0 rings (SSSR count). The fraction of sp³-hybridized carbons (Fsp3) is 0.700. The zero-order chi connectivity index (χ0) is 25.2. The van der Waals surface area contributed by atoms with Crippen molar-refractivity contribution in [2.24, 2.45) is 11.8 Å². The summed E-state index contributed by atoms with van der Waals surface area (Å²) in [5.41, 5.74) is 0. The standard InChI is InChI=1S/2C6H10O3.2C4H8O2.Zr/c2*1-3-5(4(2)7)6(8)9;2*1-3(5)4(2)6;/h2*5H,3H2,1-2H3,(H,8,9);2*3,5H,1-2H3;/q;;;;+2/p-2. The second-order valence-corrected chi connectivity index (χ2v) is 6.35. The number of carbonyl (C=O) groups excluding carboxylic acids is 6. The summed E-state index contributed by atoms with van der Waals surface area (Å²) in [6, 6.07) is 0. The Morgan fingerprint density at radius 2 is 0.774 bits per heavy atom. The van der Waals surface area contributed by atoms with Crippen LogP contribution < -0.4 is 10.2 Å².